The predicted molar refractivity (Wildman–Crippen MR) is 54.7 cm³/mol. The third-order valence-corrected chi connectivity index (χ3v) is 2.63. The summed E-state index contributed by atoms with van der Waals surface area (Å²) >= 11 is 0.865. The van der Waals surface area contributed by atoms with Crippen LogP contribution in [0.3, 0.4) is 0 Å². The molecule has 0 spiro atoms. The Hall–Kier alpha value is -1.69. The molecule has 0 saturated heterocycles. The lowest BCUT2D eigenvalue weighted by Gasteiger charge is -2.01. The van der Waals surface area contributed by atoms with Crippen molar-refractivity contribution >= 4 is 11.3 Å². The topological polar surface area (TPSA) is 55.0 Å². The number of aromatic nitrogens is 2. The largest absolute Gasteiger partial charge is 0.497 e. The fraction of sp³-hybridized carbons (Fsp3) is 0.111. The standard InChI is InChI=1S/C9H7FN2O2S/c1-14-5-2-3-6(7(10)4-5)8-11-12-9(13)15-8/h2-4H,1H3,(H,12,13). The maximum absolute atomic E-state index is 13.5. The average molecular weight is 226 g/mol. The van der Waals surface area contributed by atoms with E-state index in [0.29, 0.717) is 16.3 Å². The highest BCUT2D eigenvalue weighted by Gasteiger charge is 2.10. The summed E-state index contributed by atoms with van der Waals surface area (Å²) in [6.07, 6.45) is 0. The lowest BCUT2D eigenvalue weighted by atomic mass is 10.2. The Kier molecular flexibility index (Phi) is 2.51. The summed E-state index contributed by atoms with van der Waals surface area (Å²) in [7, 11) is 1.46. The molecule has 0 saturated carbocycles. The molecule has 15 heavy (non-hydrogen) atoms. The zero-order valence-corrected chi connectivity index (χ0v) is 8.60. The van der Waals surface area contributed by atoms with Crippen LogP contribution in [0.1, 0.15) is 0 Å². The molecule has 0 atom stereocenters. The maximum Gasteiger partial charge on any atom is 0.322 e. The molecular formula is C9H7FN2O2S. The number of nitrogens with one attached hydrogen (secondary N) is 1. The monoisotopic (exact) mass is 226 g/mol. The first-order chi connectivity index (χ1) is 7.20. The van der Waals surface area contributed by atoms with Gasteiger partial charge in [-0.2, -0.15) is 5.10 Å². The third-order valence-electron chi connectivity index (χ3n) is 1.84. The minimum absolute atomic E-state index is 0.291. The fourth-order valence-electron chi connectivity index (χ4n) is 1.14. The fourth-order valence-corrected chi connectivity index (χ4v) is 1.77. The van der Waals surface area contributed by atoms with Crippen LogP contribution in [0.2, 0.25) is 0 Å². The molecule has 0 aliphatic heterocycles. The van der Waals surface area contributed by atoms with Crippen molar-refractivity contribution in [3.05, 3.63) is 33.7 Å². The molecule has 0 unspecified atom stereocenters. The van der Waals surface area contributed by atoms with Crippen molar-refractivity contribution in [2.75, 3.05) is 7.11 Å². The number of hydrogen-bond donors (Lipinski definition) is 1. The Balaban J connectivity index is 2.49. The van der Waals surface area contributed by atoms with Crippen LogP contribution in [0.15, 0.2) is 23.0 Å². The van der Waals surface area contributed by atoms with Gasteiger partial charge in [-0.1, -0.05) is 11.3 Å². The van der Waals surface area contributed by atoms with E-state index in [4.69, 9.17) is 4.74 Å². The number of methoxy groups -OCH3 is 1. The first-order valence-corrected chi connectivity index (χ1v) is 4.92. The Morgan fingerprint density at radius 2 is 2.33 bits per heavy atom. The second-order valence-electron chi connectivity index (χ2n) is 2.76. The van der Waals surface area contributed by atoms with Gasteiger partial charge >= 0.3 is 4.87 Å². The first kappa shape index (κ1) is 9.85. The quantitative estimate of drug-likeness (QED) is 0.847. The number of nitrogens with zero attached hydrogens (tertiary/aromatic N) is 1. The van der Waals surface area contributed by atoms with E-state index in [1.807, 2.05) is 0 Å². The number of hydrogen-bond acceptors (Lipinski definition) is 4. The zero-order chi connectivity index (χ0) is 10.8. The Labute approximate surface area is 88.3 Å². The SMILES string of the molecule is COc1ccc(-c2n[nH]c(=O)s2)c(F)c1. The highest BCUT2D eigenvalue weighted by Crippen LogP contribution is 2.25. The predicted octanol–water partition coefficient (Wildman–Crippen LogP) is 1.65. The van der Waals surface area contributed by atoms with Crippen molar-refractivity contribution in [3.63, 3.8) is 0 Å². The van der Waals surface area contributed by atoms with Crippen LogP contribution in [0.25, 0.3) is 10.6 Å². The molecular weight excluding hydrogens is 219 g/mol. The molecule has 6 heteroatoms. The minimum Gasteiger partial charge on any atom is -0.497 e. The molecule has 0 radical (unpaired) electrons. The lowest BCUT2D eigenvalue weighted by Crippen LogP contribution is -1.90. The number of benzene rings is 1. The van der Waals surface area contributed by atoms with Gasteiger partial charge in [0.15, 0.2) is 5.01 Å². The number of ether oxygens (including phenoxy) is 1. The van der Waals surface area contributed by atoms with Crippen molar-refractivity contribution in [3.8, 4) is 16.3 Å². The molecule has 0 aliphatic carbocycles. The van der Waals surface area contributed by atoms with Crippen LogP contribution >= 0.6 is 11.3 Å². The van der Waals surface area contributed by atoms with Gasteiger partial charge in [-0.25, -0.2) is 9.49 Å². The van der Waals surface area contributed by atoms with Gasteiger partial charge < -0.3 is 4.74 Å². The number of aromatic amines is 1. The van der Waals surface area contributed by atoms with Crippen LogP contribution < -0.4 is 9.61 Å². The van der Waals surface area contributed by atoms with E-state index in [2.05, 4.69) is 10.2 Å². The molecule has 0 bridgehead atoms. The molecule has 2 rings (SSSR count). The Morgan fingerprint density at radius 3 is 2.87 bits per heavy atom. The van der Waals surface area contributed by atoms with E-state index in [9.17, 15) is 9.18 Å². The smallest absolute Gasteiger partial charge is 0.322 e. The molecule has 4 nitrogen and oxygen atoms in total. The molecule has 0 amide bonds. The summed E-state index contributed by atoms with van der Waals surface area (Å²) in [5.74, 6) is -0.0313. The van der Waals surface area contributed by atoms with Gasteiger partial charge in [-0.3, -0.25) is 4.79 Å². The second kappa shape index (κ2) is 3.82. The zero-order valence-electron chi connectivity index (χ0n) is 7.78. The molecule has 1 aromatic carbocycles. The number of H-pyrrole nitrogens is 1. The van der Waals surface area contributed by atoms with E-state index < -0.39 is 5.82 Å². The van der Waals surface area contributed by atoms with Gasteiger partial charge in [-0.05, 0) is 12.1 Å². The van der Waals surface area contributed by atoms with E-state index in [0.717, 1.165) is 11.3 Å². The van der Waals surface area contributed by atoms with E-state index in [1.165, 1.54) is 19.2 Å². The summed E-state index contributed by atoms with van der Waals surface area (Å²) in [6.45, 7) is 0. The van der Waals surface area contributed by atoms with Crippen LogP contribution in [0.5, 0.6) is 5.75 Å². The van der Waals surface area contributed by atoms with Gasteiger partial charge in [0.2, 0.25) is 0 Å². The van der Waals surface area contributed by atoms with Gasteiger partial charge in [0.05, 0.1) is 7.11 Å². The summed E-state index contributed by atoms with van der Waals surface area (Å²) in [6, 6.07) is 4.39. The summed E-state index contributed by atoms with van der Waals surface area (Å²) in [5, 5.41) is 6.27. The van der Waals surface area contributed by atoms with Crippen LogP contribution in [0.4, 0.5) is 4.39 Å². The molecule has 0 fully saturated rings. The van der Waals surface area contributed by atoms with Gasteiger partial charge in [0.1, 0.15) is 11.6 Å². The molecule has 1 N–H and O–H groups in total. The van der Waals surface area contributed by atoms with Crippen LogP contribution in [-0.4, -0.2) is 17.3 Å². The first-order valence-electron chi connectivity index (χ1n) is 4.10. The van der Waals surface area contributed by atoms with Crippen LogP contribution in [0, 0.1) is 5.82 Å². The number of halogens is 1. The highest BCUT2D eigenvalue weighted by atomic mass is 32.1. The van der Waals surface area contributed by atoms with Gasteiger partial charge in [0, 0.05) is 11.6 Å². The van der Waals surface area contributed by atoms with Crippen molar-refractivity contribution in [1.82, 2.24) is 10.2 Å². The normalized spacial score (nSPS) is 10.3. The summed E-state index contributed by atoms with van der Waals surface area (Å²) in [4.78, 5) is 10.5. The van der Waals surface area contributed by atoms with E-state index >= 15 is 0 Å². The van der Waals surface area contributed by atoms with E-state index in [1.54, 1.807) is 6.07 Å². The molecule has 1 heterocycles. The maximum atomic E-state index is 13.5. The summed E-state index contributed by atoms with van der Waals surface area (Å²) < 4.78 is 18.4. The van der Waals surface area contributed by atoms with Gasteiger partial charge in [-0.15, -0.1) is 0 Å². The molecule has 0 aliphatic rings. The number of rotatable bonds is 2. The van der Waals surface area contributed by atoms with Crippen molar-refractivity contribution in [2.45, 2.75) is 0 Å². The average Bonchev–Trinajstić information content (AvgIpc) is 2.64. The van der Waals surface area contributed by atoms with Crippen molar-refractivity contribution in [1.29, 1.82) is 0 Å². The molecule has 2 aromatic rings. The van der Waals surface area contributed by atoms with Crippen molar-refractivity contribution in [2.24, 2.45) is 0 Å². The van der Waals surface area contributed by atoms with Crippen LogP contribution in [-0.2, 0) is 0 Å². The molecule has 78 valence electrons. The Bertz CT molecular complexity index is 535. The highest BCUT2D eigenvalue weighted by molar-refractivity contribution is 7.12. The summed E-state index contributed by atoms with van der Waals surface area (Å²) in [5.41, 5.74) is 0.291. The lowest BCUT2D eigenvalue weighted by molar-refractivity contribution is 0.411. The van der Waals surface area contributed by atoms with E-state index in [-0.39, 0.29) is 4.87 Å². The minimum atomic E-state index is -0.461. The molecule has 1 aromatic heterocycles. The van der Waals surface area contributed by atoms with Crippen molar-refractivity contribution < 1.29 is 9.13 Å². The Morgan fingerprint density at radius 1 is 1.53 bits per heavy atom. The van der Waals surface area contributed by atoms with Gasteiger partial charge in [0.25, 0.3) is 0 Å². The second-order valence-corrected chi connectivity index (χ2v) is 3.73. The third kappa shape index (κ3) is 1.89.